The Labute approximate surface area is 80.2 Å². The van der Waals surface area contributed by atoms with Crippen LogP contribution in [-0.4, -0.2) is 5.11 Å². The van der Waals surface area contributed by atoms with Crippen LogP contribution in [0.5, 0.6) is 0 Å². The maximum Gasteiger partial charge on any atom is 0.416 e. The van der Waals surface area contributed by atoms with E-state index in [1.165, 1.54) is 0 Å². The molecule has 0 aliphatic heterocycles. The van der Waals surface area contributed by atoms with Crippen molar-refractivity contribution in [2.24, 2.45) is 0 Å². The molecular formula is C10H11F3O. The zero-order valence-electron chi connectivity index (χ0n) is 7.73. The molecule has 0 saturated heterocycles. The van der Waals surface area contributed by atoms with Gasteiger partial charge in [0.1, 0.15) is 0 Å². The Morgan fingerprint density at radius 3 is 2.14 bits per heavy atom. The first-order chi connectivity index (χ1) is 6.47. The third-order valence-corrected chi connectivity index (χ3v) is 1.97. The summed E-state index contributed by atoms with van der Waals surface area (Å²) in [6, 6.07) is 3.66. The van der Waals surface area contributed by atoms with Crippen LogP contribution in [0.4, 0.5) is 13.2 Å². The number of aliphatic hydroxyl groups excluding tert-OH is 1. The molecule has 1 nitrogen and oxygen atoms in total. The van der Waals surface area contributed by atoms with Gasteiger partial charge in [-0.15, -0.1) is 0 Å². The van der Waals surface area contributed by atoms with E-state index in [9.17, 15) is 13.2 Å². The van der Waals surface area contributed by atoms with E-state index < -0.39 is 11.7 Å². The first kappa shape index (κ1) is 11.0. The van der Waals surface area contributed by atoms with Gasteiger partial charge in [-0.3, -0.25) is 0 Å². The molecule has 14 heavy (non-hydrogen) atoms. The summed E-state index contributed by atoms with van der Waals surface area (Å²) >= 11 is 0. The van der Waals surface area contributed by atoms with E-state index in [1.54, 1.807) is 13.0 Å². The lowest BCUT2D eigenvalue weighted by Crippen LogP contribution is -2.06. The lowest BCUT2D eigenvalue weighted by molar-refractivity contribution is -0.137. The normalized spacial score (nSPS) is 11.8. The predicted octanol–water partition coefficient (Wildman–Crippen LogP) is 2.76. The Morgan fingerprint density at radius 2 is 1.71 bits per heavy atom. The van der Waals surface area contributed by atoms with Crippen LogP contribution in [0.25, 0.3) is 0 Å². The average Bonchev–Trinajstić information content (AvgIpc) is 2.15. The second-order valence-electron chi connectivity index (χ2n) is 3.05. The molecule has 0 aromatic heterocycles. The molecule has 1 rings (SSSR count). The highest BCUT2D eigenvalue weighted by molar-refractivity contribution is 5.31. The van der Waals surface area contributed by atoms with Crippen LogP contribution in [-0.2, 0) is 19.2 Å². The van der Waals surface area contributed by atoms with Crippen molar-refractivity contribution in [2.45, 2.75) is 26.1 Å². The van der Waals surface area contributed by atoms with Crippen LogP contribution in [0.2, 0.25) is 0 Å². The molecule has 0 atom stereocenters. The minimum Gasteiger partial charge on any atom is -0.392 e. The monoisotopic (exact) mass is 204 g/mol. The van der Waals surface area contributed by atoms with Crippen molar-refractivity contribution >= 4 is 0 Å². The summed E-state index contributed by atoms with van der Waals surface area (Å²) in [4.78, 5) is 0. The van der Waals surface area contributed by atoms with Gasteiger partial charge in [-0.25, -0.2) is 0 Å². The summed E-state index contributed by atoms with van der Waals surface area (Å²) in [6.45, 7) is 1.41. The zero-order valence-corrected chi connectivity index (χ0v) is 7.73. The van der Waals surface area contributed by atoms with Gasteiger partial charge in [0, 0.05) is 0 Å². The second-order valence-corrected chi connectivity index (χ2v) is 3.05. The molecular weight excluding hydrogens is 193 g/mol. The van der Waals surface area contributed by atoms with Crippen LogP contribution < -0.4 is 0 Å². The van der Waals surface area contributed by atoms with Gasteiger partial charge in [-0.2, -0.15) is 13.2 Å². The average molecular weight is 204 g/mol. The molecule has 1 aromatic carbocycles. The molecule has 1 aromatic rings. The Morgan fingerprint density at radius 1 is 1.14 bits per heavy atom. The maximum atomic E-state index is 12.3. The molecule has 0 aliphatic rings. The molecule has 78 valence electrons. The van der Waals surface area contributed by atoms with E-state index in [0.717, 1.165) is 12.1 Å². The van der Waals surface area contributed by atoms with Crippen molar-refractivity contribution < 1.29 is 18.3 Å². The summed E-state index contributed by atoms with van der Waals surface area (Å²) in [5.41, 5.74) is 0.196. The third-order valence-electron chi connectivity index (χ3n) is 1.97. The molecule has 0 fully saturated rings. The van der Waals surface area contributed by atoms with Gasteiger partial charge in [-0.1, -0.05) is 13.0 Å². The zero-order chi connectivity index (χ0) is 10.8. The van der Waals surface area contributed by atoms with Gasteiger partial charge in [0.05, 0.1) is 12.2 Å². The topological polar surface area (TPSA) is 20.2 Å². The maximum absolute atomic E-state index is 12.3. The number of halogens is 3. The highest BCUT2D eigenvalue weighted by Gasteiger charge is 2.30. The molecule has 0 amide bonds. The predicted molar refractivity (Wildman–Crippen MR) is 46.7 cm³/mol. The summed E-state index contributed by atoms with van der Waals surface area (Å²) < 4.78 is 37.0. The quantitative estimate of drug-likeness (QED) is 0.785. The van der Waals surface area contributed by atoms with Crippen LogP contribution >= 0.6 is 0 Å². The Bertz CT molecular complexity index is 295. The number of rotatable bonds is 2. The number of alkyl halides is 3. The number of benzene rings is 1. The van der Waals surface area contributed by atoms with Gasteiger partial charge < -0.3 is 5.11 Å². The molecule has 0 aliphatic carbocycles. The fraction of sp³-hybridized carbons (Fsp3) is 0.400. The lowest BCUT2D eigenvalue weighted by atomic mass is 10.0. The van der Waals surface area contributed by atoms with Crippen molar-refractivity contribution in [1.29, 1.82) is 0 Å². The van der Waals surface area contributed by atoms with Crippen molar-refractivity contribution in [3.63, 3.8) is 0 Å². The fourth-order valence-corrected chi connectivity index (χ4v) is 1.22. The van der Waals surface area contributed by atoms with Gasteiger partial charge in [0.15, 0.2) is 0 Å². The van der Waals surface area contributed by atoms with Gasteiger partial charge >= 0.3 is 6.18 Å². The van der Waals surface area contributed by atoms with Crippen molar-refractivity contribution in [1.82, 2.24) is 0 Å². The summed E-state index contributed by atoms with van der Waals surface area (Å²) in [5.74, 6) is 0. The molecule has 1 N–H and O–H groups in total. The van der Waals surface area contributed by atoms with E-state index >= 15 is 0 Å². The molecule has 0 saturated carbocycles. The molecule has 0 spiro atoms. The molecule has 4 heteroatoms. The Balaban J connectivity index is 3.17. The van der Waals surface area contributed by atoms with E-state index in [1.807, 2.05) is 0 Å². The van der Waals surface area contributed by atoms with E-state index in [-0.39, 0.29) is 6.61 Å². The lowest BCUT2D eigenvalue weighted by Gasteiger charge is -2.10. The van der Waals surface area contributed by atoms with Gasteiger partial charge in [0.25, 0.3) is 0 Å². The van der Waals surface area contributed by atoms with Crippen molar-refractivity contribution in [3.05, 3.63) is 34.9 Å². The number of aliphatic hydroxyl groups is 1. The van der Waals surface area contributed by atoms with Crippen LogP contribution in [0.15, 0.2) is 18.2 Å². The highest BCUT2D eigenvalue weighted by Crippen LogP contribution is 2.30. The summed E-state index contributed by atoms with van der Waals surface area (Å²) in [5, 5.41) is 8.78. The van der Waals surface area contributed by atoms with Crippen LogP contribution in [0.3, 0.4) is 0 Å². The highest BCUT2D eigenvalue weighted by atomic mass is 19.4. The molecule has 0 bridgehead atoms. The third kappa shape index (κ3) is 2.48. The SMILES string of the molecule is CCc1cc(CO)cc(C(F)(F)F)c1. The van der Waals surface area contributed by atoms with Gasteiger partial charge in [0.2, 0.25) is 0 Å². The molecule has 0 heterocycles. The van der Waals surface area contributed by atoms with Crippen molar-refractivity contribution in [3.8, 4) is 0 Å². The van der Waals surface area contributed by atoms with Crippen LogP contribution in [0.1, 0.15) is 23.6 Å². The van der Waals surface area contributed by atoms with E-state index in [0.29, 0.717) is 17.5 Å². The standard InChI is InChI=1S/C10H11F3O/c1-2-7-3-8(6-14)5-9(4-7)10(11,12)13/h3-5,14H,2,6H2,1H3. The fourth-order valence-electron chi connectivity index (χ4n) is 1.22. The first-order valence-corrected chi connectivity index (χ1v) is 4.28. The Kier molecular flexibility index (Phi) is 3.16. The molecule has 0 radical (unpaired) electrons. The van der Waals surface area contributed by atoms with E-state index in [2.05, 4.69) is 0 Å². The molecule has 0 unspecified atom stereocenters. The largest absolute Gasteiger partial charge is 0.416 e. The summed E-state index contributed by atoms with van der Waals surface area (Å²) in [6.07, 6.45) is -3.81. The Hall–Kier alpha value is -1.03. The second kappa shape index (κ2) is 4.00. The minimum absolute atomic E-state index is 0.302. The number of aryl methyl sites for hydroxylation is 1. The van der Waals surface area contributed by atoms with E-state index in [4.69, 9.17) is 5.11 Å². The summed E-state index contributed by atoms with van der Waals surface area (Å²) in [7, 11) is 0. The van der Waals surface area contributed by atoms with Crippen LogP contribution in [0, 0.1) is 0 Å². The van der Waals surface area contributed by atoms with Crippen molar-refractivity contribution in [2.75, 3.05) is 0 Å². The number of hydrogen-bond acceptors (Lipinski definition) is 1. The number of hydrogen-bond donors (Lipinski definition) is 1. The van der Waals surface area contributed by atoms with Gasteiger partial charge in [-0.05, 0) is 29.7 Å². The smallest absolute Gasteiger partial charge is 0.392 e. The minimum atomic E-state index is -4.34. The first-order valence-electron chi connectivity index (χ1n) is 4.28.